The Kier molecular flexibility index (Phi) is 3.77. The number of nitrogens with zero attached hydrogens (tertiary/aromatic N) is 1. The Balaban J connectivity index is 2.10. The van der Waals surface area contributed by atoms with Crippen molar-refractivity contribution >= 4 is 16.1 Å². The molecule has 0 spiro atoms. The van der Waals surface area contributed by atoms with E-state index in [4.69, 9.17) is 0 Å². The van der Waals surface area contributed by atoms with E-state index >= 15 is 0 Å². The van der Waals surface area contributed by atoms with Gasteiger partial charge in [0.2, 0.25) is 0 Å². The Morgan fingerprint density at radius 3 is 2.42 bits per heavy atom. The first-order chi connectivity index (χ1) is 11.4. The summed E-state index contributed by atoms with van der Waals surface area (Å²) in [5.41, 5.74) is -0.449. The molecule has 1 aliphatic rings. The third-order valence-electron chi connectivity index (χ3n) is 4.46. The number of rotatable bonds is 4. The van der Waals surface area contributed by atoms with E-state index in [9.17, 15) is 22.9 Å². The fourth-order valence-corrected chi connectivity index (χ4v) is 5.37. The average molecular weight is 343 g/mol. The fourth-order valence-electron chi connectivity index (χ4n) is 3.14. The van der Waals surface area contributed by atoms with Gasteiger partial charge in [-0.05, 0) is 36.8 Å². The standard InChI is InChI=1S/C18H14FNO3S/c1-12-5-7-15(8-6-12)24(22,23)17-16(18(17,10-20)11-21)13-3-2-4-14(19)9-13/h2-9,11,16-17H,1H3/t16-,17-,18+/m0/s1. The molecular formula is C18H14FNO3S. The summed E-state index contributed by atoms with van der Waals surface area (Å²) in [6, 6.07) is 13.4. The maximum atomic E-state index is 13.5. The Morgan fingerprint density at radius 1 is 1.21 bits per heavy atom. The summed E-state index contributed by atoms with van der Waals surface area (Å²) in [4.78, 5) is 11.6. The normalized spacial score (nSPS) is 25.7. The number of hydrogen-bond acceptors (Lipinski definition) is 4. The van der Waals surface area contributed by atoms with Gasteiger partial charge in [-0.3, -0.25) is 0 Å². The van der Waals surface area contributed by atoms with E-state index < -0.39 is 32.2 Å². The van der Waals surface area contributed by atoms with Crippen molar-refractivity contribution < 1.29 is 17.6 Å². The molecular weight excluding hydrogens is 329 g/mol. The Bertz CT molecular complexity index is 947. The molecule has 4 nitrogen and oxygen atoms in total. The van der Waals surface area contributed by atoms with E-state index in [2.05, 4.69) is 0 Å². The molecule has 0 unspecified atom stereocenters. The number of halogens is 1. The Morgan fingerprint density at radius 2 is 1.88 bits per heavy atom. The van der Waals surface area contributed by atoms with Gasteiger partial charge in [-0.15, -0.1) is 0 Å². The molecule has 6 heteroatoms. The number of benzene rings is 2. The smallest absolute Gasteiger partial charge is 0.183 e. The summed E-state index contributed by atoms with van der Waals surface area (Å²) in [6.07, 6.45) is 0.374. The van der Waals surface area contributed by atoms with Crippen LogP contribution in [-0.2, 0) is 14.6 Å². The zero-order valence-corrected chi connectivity index (χ0v) is 13.6. The van der Waals surface area contributed by atoms with Crippen molar-refractivity contribution in [1.82, 2.24) is 0 Å². The monoisotopic (exact) mass is 343 g/mol. The lowest BCUT2D eigenvalue weighted by molar-refractivity contribution is -0.110. The maximum absolute atomic E-state index is 13.5. The molecule has 2 aromatic rings. The van der Waals surface area contributed by atoms with Crippen molar-refractivity contribution in [3.63, 3.8) is 0 Å². The van der Waals surface area contributed by atoms with Crippen LogP contribution in [0, 0.1) is 29.5 Å². The Hall–Kier alpha value is -2.52. The first-order valence-corrected chi connectivity index (χ1v) is 8.85. The van der Waals surface area contributed by atoms with Gasteiger partial charge in [-0.1, -0.05) is 29.8 Å². The van der Waals surface area contributed by atoms with Crippen LogP contribution in [0.25, 0.3) is 0 Å². The zero-order valence-electron chi connectivity index (χ0n) is 12.8. The zero-order chi connectivity index (χ0) is 17.5. The highest BCUT2D eigenvalue weighted by atomic mass is 32.2. The van der Waals surface area contributed by atoms with E-state index in [1.54, 1.807) is 12.1 Å². The van der Waals surface area contributed by atoms with Gasteiger partial charge in [0, 0.05) is 5.92 Å². The Labute approximate surface area is 139 Å². The molecule has 3 rings (SSSR count). The van der Waals surface area contributed by atoms with Crippen LogP contribution in [0.2, 0.25) is 0 Å². The van der Waals surface area contributed by atoms with Crippen molar-refractivity contribution in [3.8, 4) is 6.07 Å². The molecule has 1 aliphatic carbocycles. The van der Waals surface area contributed by atoms with Crippen LogP contribution < -0.4 is 0 Å². The number of aryl methyl sites for hydroxylation is 1. The molecule has 1 saturated carbocycles. The second kappa shape index (κ2) is 5.53. The van der Waals surface area contributed by atoms with E-state index in [1.165, 1.54) is 36.4 Å². The van der Waals surface area contributed by atoms with Gasteiger partial charge in [0.1, 0.15) is 22.8 Å². The highest BCUT2D eigenvalue weighted by molar-refractivity contribution is 7.92. The minimum Gasteiger partial charge on any atom is -0.302 e. The summed E-state index contributed by atoms with van der Waals surface area (Å²) < 4.78 is 39.3. The van der Waals surface area contributed by atoms with Gasteiger partial charge in [0.25, 0.3) is 0 Å². The van der Waals surface area contributed by atoms with E-state index in [0.29, 0.717) is 11.8 Å². The molecule has 24 heavy (non-hydrogen) atoms. The summed E-state index contributed by atoms with van der Waals surface area (Å²) in [5, 5.41) is 8.23. The lowest BCUT2D eigenvalue weighted by atomic mass is 10.0. The van der Waals surface area contributed by atoms with Crippen LogP contribution in [0.4, 0.5) is 4.39 Å². The van der Waals surface area contributed by atoms with E-state index in [0.717, 1.165) is 5.56 Å². The summed E-state index contributed by atoms with van der Waals surface area (Å²) in [7, 11) is -3.90. The van der Waals surface area contributed by atoms with E-state index in [1.807, 2.05) is 13.0 Å². The minimum absolute atomic E-state index is 0.0541. The summed E-state index contributed by atoms with van der Waals surface area (Å²) in [6.45, 7) is 1.83. The number of hydrogen-bond donors (Lipinski definition) is 0. The first kappa shape index (κ1) is 16.3. The maximum Gasteiger partial charge on any atom is 0.183 e. The predicted octanol–water partition coefficient (Wildman–Crippen LogP) is 2.78. The highest BCUT2D eigenvalue weighted by Crippen LogP contribution is 2.62. The molecule has 0 saturated heterocycles. The third-order valence-corrected chi connectivity index (χ3v) is 6.72. The SMILES string of the molecule is Cc1ccc(S(=O)(=O)[C@H]2[C@H](c3cccc(F)c3)[C@@]2(C#N)C=O)cc1. The van der Waals surface area contributed by atoms with Crippen molar-refractivity contribution in [2.75, 3.05) is 0 Å². The summed E-state index contributed by atoms with van der Waals surface area (Å²) >= 11 is 0. The largest absolute Gasteiger partial charge is 0.302 e. The molecule has 0 aromatic heterocycles. The van der Waals surface area contributed by atoms with Gasteiger partial charge < -0.3 is 4.79 Å². The van der Waals surface area contributed by atoms with Gasteiger partial charge in [0.05, 0.1) is 11.0 Å². The molecule has 2 aromatic carbocycles. The molecule has 0 aliphatic heterocycles. The minimum atomic E-state index is -3.90. The molecule has 3 atom stereocenters. The van der Waals surface area contributed by atoms with Gasteiger partial charge >= 0.3 is 0 Å². The van der Waals surface area contributed by atoms with Gasteiger partial charge in [-0.2, -0.15) is 5.26 Å². The van der Waals surface area contributed by atoms with Crippen molar-refractivity contribution in [2.45, 2.75) is 23.0 Å². The second-order valence-electron chi connectivity index (χ2n) is 5.97. The van der Waals surface area contributed by atoms with Crippen LogP contribution in [0.1, 0.15) is 17.0 Å². The molecule has 0 amide bonds. The average Bonchev–Trinajstić information content (AvgIpc) is 3.26. The third kappa shape index (κ3) is 2.33. The van der Waals surface area contributed by atoms with Crippen LogP contribution in [0.15, 0.2) is 53.4 Å². The summed E-state index contributed by atoms with van der Waals surface area (Å²) in [5.74, 6) is -1.41. The number of aldehydes is 1. The van der Waals surface area contributed by atoms with Crippen molar-refractivity contribution in [1.29, 1.82) is 5.26 Å². The van der Waals surface area contributed by atoms with Crippen LogP contribution in [-0.4, -0.2) is 20.0 Å². The van der Waals surface area contributed by atoms with Crippen LogP contribution >= 0.6 is 0 Å². The number of carbonyl (C=O) groups excluding carboxylic acids is 1. The number of carbonyl (C=O) groups is 1. The molecule has 0 N–H and O–H groups in total. The quantitative estimate of drug-likeness (QED) is 0.800. The molecule has 0 heterocycles. The lowest BCUT2D eigenvalue weighted by Gasteiger charge is -2.05. The van der Waals surface area contributed by atoms with Crippen LogP contribution in [0.3, 0.4) is 0 Å². The van der Waals surface area contributed by atoms with Crippen LogP contribution in [0.5, 0.6) is 0 Å². The molecule has 0 bridgehead atoms. The van der Waals surface area contributed by atoms with Gasteiger partial charge in [0.15, 0.2) is 9.84 Å². The number of nitriles is 1. The van der Waals surface area contributed by atoms with Crippen molar-refractivity contribution in [3.05, 3.63) is 65.5 Å². The molecule has 1 fully saturated rings. The highest BCUT2D eigenvalue weighted by Gasteiger charge is 2.72. The predicted molar refractivity (Wildman–Crippen MR) is 85.4 cm³/mol. The fraction of sp³-hybridized carbons (Fsp3) is 0.222. The second-order valence-corrected chi connectivity index (χ2v) is 8.04. The molecule has 0 radical (unpaired) electrons. The van der Waals surface area contributed by atoms with E-state index in [-0.39, 0.29) is 4.90 Å². The topological polar surface area (TPSA) is 75.0 Å². The molecule has 122 valence electrons. The van der Waals surface area contributed by atoms with Gasteiger partial charge in [-0.25, -0.2) is 12.8 Å². The first-order valence-electron chi connectivity index (χ1n) is 7.30. The lowest BCUT2D eigenvalue weighted by Crippen LogP contribution is -2.16. The van der Waals surface area contributed by atoms with Crippen molar-refractivity contribution in [2.24, 2.45) is 5.41 Å². The number of sulfone groups is 1.